The van der Waals surface area contributed by atoms with Crippen molar-refractivity contribution in [2.75, 3.05) is 13.1 Å². The SMILES string of the molecule is CCC1CCN(S(=O)(=O)c2ccc(S(N)(=O)=O)cc2F)C1. The van der Waals surface area contributed by atoms with Gasteiger partial charge in [0.05, 0.1) is 4.90 Å². The van der Waals surface area contributed by atoms with Crippen LogP contribution in [0.3, 0.4) is 0 Å². The predicted molar refractivity (Wildman–Crippen MR) is 74.9 cm³/mol. The molecule has 0 amide bonds. The molecule has 1 saturated heterocycles. The fourth-order valence-electron chi connectivity index (χ4n) is 2.36. The van der Waals surface area contributed by atoms with Crippen LogP contribution < -0.4 is 5.14 Å². The van der Waals surface area contributed by atoms with E-state index >= 15 is 0 Å². The molecular weight excluding hydrogens is 319 g/mol. The number of hydrogen-bond donors (Lipinski definition) is 1. The van der Waals surface area contributed by atoms with Gasteiger partial charge in [-0.25, -0.2) is 26.4 Å². The van der Waals surface area contributed by atoms with E-state index in [-0.39, 0.29) is 5.92 Å². The first kappa shape index (κ1) is 16.3. The largest absolute Gasteiger partial charge is 0.245 e. The number of hydrogen-bond acceptors (Lipinski definition) is 4. The van der Waals surface area contributed by atoms with Crippen molar-refractivity contribution in [1.29, 1.82) is 0 Å². The first-order chi connectivity index (χ1) is 9.66. The summed E-state index contributed by atoms with van der Waals surface area (Å²) in [4.78, 5) is -0.974. The van der Waals surface area contributed by atoms with Gasteiger partial charge in [0, 0.05) is 13.1 Å². The summed E-state index contributed by atoms with van der Waals surface area (Å²) in [5, 5.41) is 4.89. The lowest BCUT2D eigenvalue weighted by atomic mass is 10.1. The fourth-order valence-corrected chi connectivity index (χ4v) is 4.46. The summed E-state index contributed by atoms with van der Waals surface area (Å²) in [5.74, 6) is -0.840. The van der Waals surface area contributed by atoms with Crippen LogP contribution >= 0.6 is 0 Å². The van der Waals surface area contributed by atoms with Gasteiger partial charge in [0.2, 0.25) is 20.0 Å². The second-order valence-electron chi connectivity index (χ2n) is 5.06. The Kier molecular flexibility index (Phi) is 4.39. The number of primary sulfonamides is 1. The Hall–Kier alpha value is -1.03. The monoisotopic (exact) mass is 336 g/mol. The van der Waals surface area contributed by atoms with Gasteiger partial charge in [0.1, 0.15) is 10.7 Å². The smallest absolute Gasteiger partial charge is 0.225 e. The number of nitrogens with zero attached hydrogens (tertiary/aromatic N) is 1. The molecule has 1 aliphatic rings. The summed E-state index contributed by atoms with van der Waals surface area (Å²) in [7, 11) is -8.02. The summed E-state index contributed by atoms with van der Waals surface area (Å²) < 4.78 is 62.3. The molecule has 9 heteroatoms. The van der Waals surface area contributed by atoms with Crippen LogP contribution in [0.25, 0.3) is 0 Å². The van der Waals surface area contributed by atoms with Crippen molar-refractivity contribution in [1.82, 2.24) is 4.31 Å². The van der Waals surface area contributed by atoms with E-state index in [1.165, 1.54) is 4.31 Å². The van der Waals surface area contributed by atoms with Crippen molar-refractivity contribution in [3.8, 4) is 0 Å². The van der Waals surface area contributed by atoms with Crippen LogP contribution in [0.4, 0.5) is 4.39 Å². The summed E-state index contributed by atoms with van der Waals surface area (Å²) in [5.41, 5.74) is 0. The lowest BCUT2D eigenvalue weighted by molar-refractivity contribution is 0.447. The van der Waals surface area contributed by atoms with Crippen molar-refractivity contribution in [2.24, 2.45) is 11.1 Å². The highest BCUT2D eigenvalue weighted by Crippen LogP contribution is 2.28. The first-order valence-electron chi connectivity index (χ1n) is 6.48. The molecule has 118 valence electrons. The van der Waals surface area contributed by atoms with E-state index in [4.69, 9.17) is 5.14 Å². The van der Waals surface area contributed by atoms with Crippen molar-refractivity contribution in [3.05, 3.63) is 24.0 Å². The fraction of sp³-hybridized carbons (Fsp3) is 0.500. The molecule has 1 atom stereocenters. The lowest BCUT2D eigenvalue weighted by Crippen LogP contribution is -2.29. The van der Waals surface area contributed by atoms with Crippen LogP contribution in [0.5, 0.6) is 0 Å². The highest BCUT2D eigenvalue weighted by atomic mass is 32.2. The van der Waals surface area contributed by atoms with E-state index in [9.17, 15) is 21.2 Å². The number of sulfonamides is 2. The minimum Gasteiger partial charge on any atom is -0.225 e. The quantitative estimate of drug-likeness (QED) is 0.883. The van der Waals surface area contributed by atoms with Crippen LogP contribution in [0, 0.1) is 11.7 Å². The topological polar surface area (TPSA) is 97.5 Å². The third kappa shape index (κ3) is 3.25. The van der Waals surface area contributed by atoms with Crippen LogP contribution in [0.2, 0.25) is 0 Å². The van der Waals surface area contributed by atoms with Crippen molar-refractivity contribution >= 4 is 20.0 Å². The lowest BCUT2D eigenvalue weighted by Gasteiger charge is -2.17. The molecule has 0 aliphatic carbocycles. The second-order valence-corrected chi connectivity index (χ2v) is 8.53. The Morgan fingerprint density at radius 2 is 2.00 bits per heavy atom. The van der Waals surface area contributed by atoms with E-state index < -0.39 is 35.7 Å². The van der Waals surface area contributed by atoms with E-state index in [0.717, 1.165) is 25.0 Å². The Balaban J connectivity index is 2.38. The van der Waals surface area contributed by atoms with Crippen LogP contribution in [0.1, 0.15) is 19.8 Å². The average molecular weight is 336 g/mol. The molecule has 6 nitrogen and oxygen atoms in total. The van der Waals surface area contributed by atoms with Crippen LogP contribution in [-0.2, 0) is 20.0 Å². The average Bonchev–Trinajstić information content (AvgIpc) is 2.86. The zero-order chi connectivity index (χ0) is 15.8. The first-order valence-corrected chi connectivity index (χ1v) is 9.47. The molecule has 1 aliphatic heterocycles. The van der Waals surface area contributed by atoms with Crippen LogP contribution in [-0.4, -0.2) is 34.2 Å². The number of rotatable bonds is 4. The van der Waals surface area contributed by atoms with Gasteiger partial charge in [-0.3, -0.25) is 0 Å². The van der Waals surface area contributed by atoms with Gasteiger partial charge >= 0.3 is 0 Å². The third-order valence-electron chi connectivity index (χ3n) is 3.68. The van der Waals surface area contributed by atoms with Crippen molar-refractivity contribution < 1.29 is 21.2 Å². The van der Waals surface area contributed by atoms with Crippen molar-refractivity contribution in [2.45, 2.75) is 29.6 Å². The van der Waals surface area contributed by atoms with E-state index in [2.05, 4.69) is 0 Å². The molecule has 0 aromatic heterocycles. The standard InChI is InChI=1S/C12H17FN2O4S2/c1-2-9-5-6-15(8-9)21(18,19)12-4-3-10(7-11(12)13)20(14,16)17/h3-4,7,9H,2,5-6,8H2,1H3,(H2,14,16,17). The number of halogens is 1. The molecule has 0 bridgehead atoms. The molecule has 0 saturated carbocycles. The molecule has 1 aromatic carbocycles. The minimum absolute atomic E-state index is 0.270. The Morgan fingerprint density at radius 3 is 2.48 bits per heavy atom. The van der Waals surface area contributed by atoms with Gasteiger partial charge in [-0.15, -0.1) is 0 Å². The minimum atomic E-state index is -4.07. The zero-order valence-corrected chi connectivity index (χ0v) is 13.1. The molecular formula is C12H17FN2O4S2. The van der Waals surface area contributed by atoms with Crippen molar-refractivity contribution in [3.63, 3.8) is 0 Å². The van der Waals surface area contributed by atoms with Gasteiger partial charge in [0.25, 0.3) is 0 Å². The predicted octanol–water partition coefficient (Wildman–Crippen LogP) is 0.894. The highest BCUT2D eigenvalue weighted by Gasteiger charge is 2.33. The molecule has 1 fully saturated rings. The third-order valence-corrected chi connectivity index (χ3v) is 6.49. The van der Waals surface area contributed by atoms with Gasteiger partial charge in [-0.2, -0.15) is 4.31 Å². The van der Waals surface area contributed by atoms with E-state index in [1.807, 2.05) is 6.92 Å². The zero-order valence-electron chi connectivity index (χ0n) is 11.5. The maximum Gasteiger partial charge on any atom is 0.245 e. The summed E-state index contributed by atoms with van der Waals surface area (Å²) in [6, 6.07) is 2.58. The molecule has 1 aromatic rings. The molecule has 0 radical (unpaired) electrons. The Morgan fingerprint density at radius 1 is 1.33 bits per heavy atom. The molecule has 21 heavy (non-hydrogen) atoms. The van der Waals surface area contributed by atoms with E-state index in [1.54, 1.807) is 0 Å². The highest BCUT2D eigenvalue weighted by molar-refractivity contribution is 7.89. The molecule has 0 spiro atoms. The maximum atomic E-state index is 14.0. The van der Waals surface area contributed by atoms with Gasteiger partial charge in [0.15, 0.2) is 0 Å². The summed E-state index contributed by atoms with van der Waals surface area (Å²) in [6.45, 7) is 2.68. The summed E-state index contributed by atoms with van der Waals surface area (Å²) >= 11 is 0. The van der Waals surface area contributed by atoms with Gasteiger partial charge < -0.3 is 0 Å². The molecule has 1 heterocycles. The molecule has 1 unspecified atom stereocenters. The van der Waals surface area contributed by atoms with Gasteiger partial charge in [-0.05, 0) is 30.5 Å². The van der Waals surface area contributed by atoms with Gasteiger partial charge in [-0.1, -0.05) is 13.3 Å². The Bertz CT molecular complexity index is 747. The summed E-state index contributed by atoms with van der Waals surface area (Å²) in [6.07, 6.45) is 1.60. The van der Waals surface area contributed by atoms with Crippen LogP contribution in [0.15, 0.2) is 28.0 Å². The Labute approximate surface area is 123 Å². The maximum absolute atomic E-state index is 14.0. The van der Waals surface area contributed by atoms with E-state index in [0.29, 0.717) is 19.2 Å². The number of benzene rings is 1. The molecule has 2 rings (SSSR count). The number of nitrogens with two attached hydrogens (primary N) is 1. The normalized spacial score (nSPS) is 20.8. The molecule has 2 N–H and O–H groups in total. The second kappa shape index (κ2) is 5.64.